The van der Waals surface area contributed by atoms with Gasteiger partial charge in [-0.1, -0.05) is 34.3 Å². The third kappa shape index (κ3) is 3.37. The molecule has 23 heavy (non-hydrogen) atoms. The summed E-state index contributed by atoms with van der Waals surface area (Å²) in [5.41, 5.74) is 3.32. The van der Waals surface area contributed by atoms with Crippen LogP contribution >= 0.6 is 11.5 Å². The van der Waals surface area contributed by atoms with Crippen LogP contribution in [0.2, 0.25) is 0 Å². The number of aryl methyl sites for hydroxylation is 1. The molecule has 1 N–H and O–H groups in total. The first kappa shape index (κ1) is 15.2. The fourth-order valence-corrected chi connectivity index (χ4v) is 2.69. The molecule has 1 heterocycles. The van der Waals surface area contributed by atoms with E-state index < -0.39 is 0 Å². The SMILES string of the molecule is COc1ccc(NC(=O)c2snnc2-c2ccc(C)cc2)cc1. The molecule has 0 aliphatic rings. The van der Waals surface area contributed by atoms with Crippen molar-refractivity contribution in [1.82, 2.24) is 9.59 Å². The Bertz CT molecular complexity index is 811. The summed E-state index contributed by atoms with van der Waals surface area (Å²) in [5, 5.41) is 6.95. The van der Waals surface area contributed by atoms with Crippen molar-refractivity contribution >= 4 is 23.1 Å². The Morgan fingerprint density at radius 2 is 1.78 bits per heavy atom. The van der Waals surface area contributed by atoms with Gasteiger partial charge in [0.2, 0.25) is 0 Å². The van der Waals surface area contributed by atoms with Gasteiger partial charge in [-0.15, -0.1) is 5.10 Å². The highest BCUT2D eigenvalue weighted by Gasteiger charge is 2.18. The molecule has 0 radical (unpaired) electrons. The fraction of sp³-hybridized carbons (Fsp3) is 0.118. The summed E-state index contributed by atoms with van der Waals surface area (Å²) < 4.78 is 9.02. The van der Waals surface area contributed by atoms with Gasteiger partial charge in [-0.05, 0) is 42.7 Å². The summed E-state index contributed by atoms with van der Waals surface area (Å²) in [4.78, 5) is 13.0. The van der Waals surface area contributed by atoms with E-state index in [4.69, 9.17) is 4.74 Å². The monoisotopic (exact) mass is 325 g/mol. The number of nitrogens with one attached hydrogen (secondary N) is 1. The number of carbonyl (C=O) groups is 1. The number of hydrogen-bond donors (Lipinski definition) is 1. The van der Waals surface area contributed by atoms with E-state index in [1.165, 1.54) is 0 Å². The minimum Gasteiger partial charge on any atom is -0.497 e. The van der Waals surface area contributed by atoms with Gasteiger partial charge in [-0.25, -0.2) is 0 Å². The van der Waals surface area contributed by atoms with E-state index in [0.717, 1.165) is 28.4 Å². The van der Waals surface area contributed by atoms with Crippen LogP contribution in [0.1, 0.15) is 15.2 Å². The van der Waals surface area contributed by atoms with Gasteiger partial charge in [0, 0.05) is 11.3 Å². The molecule has 116 valence electrons. The van der Waals surface area contributed by atoms with Crippen molar-refractivity contribution in [2.75, 3.05) is 12.4 Å². The van der Waals surface area contributed by atoms with E-state index in [9.17, 15) is 4.79 Å². The summed E-state index contributed by atoms with van der Waals surface area (Å²) in [6.07, 6.45) is 0. The molecule has 6 heteroatoms. The van der Waals surface area contributed by atoms with Crippen LogP contribution in [0.25, 0.3) is 11.3 Å². The second-order valence-electron chi connectivity index (χ2n) is 5.00. The Morgan fingerprint density at radius 1 is 1.09 bits per heavy atom. The Kier molecular flexibility index (Phi) is 4.34. The number of methoxy groups -OCH3 is 1. The lowest BCUT2D eigenvalue weighted by Gasteiger charge is -2.06. The summed E-state index contributed by atoms with van der Waals surface area (Å²) in [5.74, 6) is 0.517. The molecule has 0 saturated carbocycles. The third-order valence-electron chi connectivity index (χ3n) is 3.37. The van der Waals surface area contributed by atoms with Crippen molar-refractivity contribution in [3.05, 3.63) is 59.0 Å². The predicted molar refractivity (Wildman–Crippen MR) is 91.0 cm³/mol. The number of aromatic nitrogens is 2. The Labute approximate surface area is 138 Å². The molecule has 0 aliphatic heterocycles. The third-order valence-corrected chi connectivity index (χ3v) is 4.09. The lowest BCUT2D eigenvalue weighted by atomic mass is 10.1. The van der Waals surface area contributed by atoms with Crippen LogP contribution in [0.5, 0.6) is 5.75 Å². The predicted octanol–water partition coefficient (Wildman–Crippen LogP) is 3.77. The number of anilines is 1. The fourth-order valence-electron chi connectivity index (χ4n) is 2.10. The van der Waals surface area contributed by atoms with Crippen LogP contribution in [0, 0.1) is 6.92 Å². The molecule has 1 aromatic heterocycles. The zero-order valence-corrected chi connectivity index (χ0v) is 13.6. The highest BCUT2D eigenvalue weighted by molar-refractivity contribution is 7.08. The maximum absolute atomic E-state index is 12.5. The molecule has 0 fully saturated rings. The van der Waals surface area contributed by atoms with Crippen molar-refractivity contribution in [1.29, 1.82) is 0 Å². The lowest BCUT2D eigenvalue weighted by Crippen LogP contribution is -2.11. The molecule has 0 unspecified atom stereocenters. The van der Waals surface area contributed by atoms with Crippen molar-refractivity contribution < 1.29 is 9.53 Å². The van der Waals surface area contributed by atoms with Crippen molar-refractivity contribution in [3.63, 3.8) is 0 Å². The van der Waals surface area contributed by atoms with E-state index in [1.807, 2.05) is 31.2 Å². The molecule has 3 aromatic rings. The minimum absolute atomic E-state index is 0.222. The van der Waals surface area contributed by atoms with E-state index >= 15 is 0 Å². The Hall–Kier alpha value is -2.73. The zero-order chi connectivity index (χ0) is 16.2. The summed E-state index contributed by atoms with van der Waals surface area (Å²) in [6, 6.07) is 15.0. The number of ether oxygens (including phenoxy) is 1. The van der Waals surface area contributed by atoms with Crippen LogP contribution in [-0.2, 0) is 0 Å². The number of nitrogens with zero attached hydrogens (tertiary/aromatic N) is 2. The van der Waals surface area contributed by atoms with Gasteiger partial charge in [0.05, 0.1) is 7.11 Å². The zero-order valence-electron chi connectivity index (χ0n) is 12.7. The molecule has 0 bridgehead atoms. The number of amides is 1. The van der Waals surface area contributed by atoms with E-state index in [1.54, 1.807) is 31.4 Å². The van der Waals surface area contributed by atoms with Gasteiger partial charge in [0.1, 0.15) is 16.3 Å². The number of rotatable bonds is 4. The Balaban J connectivity index is 1.82. The first-order valence-corrected chi connectivity index (χ1v) is 7.79. The molecule has 2 aromatic carbocycles. The topological polar surface area (TPSA) is 64.1 Å². The van der Waals surface area contributed by atoms with Crippen molar-refractivity contribution in [2.45, 2.75) is 6.92 Å². The number of carbonyl (C=O) groups excluding carboxylic acids is 1. The second kappa shape index (κ2) is 6.58. The lowest BCUT2D eigenvalue weighted by molar-refractivity contribution is 0.103. The van der Waals surface area contributed by atoms with Gasteiger partial charge in [0.15, 0.2) is 0 Å². The molecule has 5 nitrogen and oxygen atoms in total. The summed E-state index contributed by atoms with van der Waals surface area (Å²) in [6.45, 7) is 2.01. The molecule has 0 aliphatic carbocycles. The Morgan fingerprint density at radius 3 is 2.43 bits per heavy atom. The second-order valence-corrected chi connectivity index (χ2v) is 5.75. The minimum atomic E-state index is -0.222. The molecule has 3 rings (SSSR count). The standard InChI is InChI=1S/C17H15N3O2S/c1-11-3-5-12(6-4-11)15-16(23-20-19-15)17(21)18-13-7-9-14(22-2)10-8-13/h3-10H,1-2H3,(H,18,21). The maximum atomic E-state index is 12.5. The van der Waals surface area contributed by atoms with Crippen LogP contribution in [-0.4, -0.2) is 22.6 Å². The molecule has 0 atom stereocenters. The quantitative estimate of drug-likeness (QED) is 0.793. The first-order valence-electron chi connectivity index (χ1n) is 7.02. The van der Waals surface area contributed by atoms with E-state index in [0.29, 0.717) is 16.3 Å². The molecule has 1 amide bonds. The van der Waals surface area contributed by atoms with Crippen LogP contribution < -0.4 is 10.1 Å². The largest absolute Gasteiger partial charge is 0.497 e. The van der Waals surface area contributed by atoms with Crippen molar-refractivity contribution in [3.8, 4) is 17.0 Å². The molecular formula is C17H15N3O2S. The van der Waals surface area contributed by atoms with Crippen LogP contribution in [0.15, 0.2) is 48.5 Å². The highest BCUT2D eigenvalue weighted by Crippen LogP contribution is 2.25. The van der Waals surface area contributed by atoms with Gasteiger partial charge in [0.25, 0.3) is 5.91 Å². The molecule has 0 saturated heterocycles. The number of hydrogen-bond acceptors (Lipinski definition) is 5. The number of benzene rings is 2. The van der Waals surface area contributed by atoms with Gasteiger partial charge < -0.3 is 10.1 Å². The van der Waals surface area contributed by atoms with Crippen LogP contribution in [0.3, 0.4) is 0 Å². The average Bonchev–Trinajstić information content (AvgIpc) is 3.06. The smallest absolute Gasteiger partial charge is 0.269 e. The maximum Gasteiger partial charge on any atom is 0.269 e. The van der Waals surface area contributed by atoms with E-state index in [2.05, 4.69) is 14.9 Å². The van der Waals surface area contributed by atoms with Crippen molar-refractivity contribution in [2.24, 2.45) is 0 Å². The molecular weight excluding hydrogens is 310 g/mol. The van der Waals surface area contributed by atoms with Gasteiger partial charge >= 0.3 is 0 Å². The highest BCUT2D eigenvalue weighted by atomic mass is 32.1. The molecule has 0 spiro atoms. The van der Waals surface area contributed by atoms with Gasteiger partial charge in [-0.3, -0.25) is 4.79 Å². The first-order chi connectivity index (χ1) is 11.2. The van der Waals surface area contributed by atoms with Gasteiger partial charge in [-0.2, -0.15) is 0 Å². The summed E-state index contributed by atoms with van der Waals surface area (Å²) >= 11 is 1.09. The van der Waals surface area contributed by atoms with E-state index in [-0.39, 0.29) is 5.91 Å². The normalized spacial score (nSPS) is 10.3. The summed E-state index contributed by atoms with van der Waals surface area (Å²) in [7, 11) is 1.60. The average molecular weight is 325 g/mol. The van der Waals surface area contributed by atoms with Crippen LogP contribution in [0.4, 0.5) is 5.69 Å².